The zero-order valence-corrected chi connectivity index (χ0v) is 21.4. The van der Waals surface area contributed by atoms with Crippen molar-refractivity contribution in [2.24, 2.45) is 0 Å². The van der Waals surface area contributed by atoms with Crippen molar-refractivity contribution in [1.82, 2.24) is 9.97 Å². The zero-order chi connectivity index (χ0) is 27.1. The minimum Gasteiger partial charge on any atom is -0.491 e. The third-order valence-corrected chi connectivity index (χ3v) is 7.01. The highest BCUT2D eigenvalue weighted by Gasteiger charge is 2.21. The molecule has 0 saturated carbocycles. The van der Waals surface area contributed by atoms with Gasteiger partial charge in [-0.25, -0.2) is 14.4 Å². The number of nitrogen functional groups attached to an aromatic ring is 1. The molecule has 2 aromatic heterocycles. The number of nitrogens with one attached hydrogen (secondary N) is 1. The van der Waals surface area contributed by atoms with Crippen molar-refractivity contribution in [3.05, 3.63) is 76.5 Å². The largest absolute Gasteiger partial charge is 0.491 e. The maximum absolute atomic E-state index is 13.4. The van der Waals surface area contributed by atoms with Crippen LogP contribution >= 0.6 is 23.1 Å². The predicted octanol–water partition coefficient (Wildman–Crippen LogP) is 4.44. The lowest BCUT2D eigenvalue weighted by Crippen LogP contribution is -2.21. The summed E-state index contributed by atoms with van der Waals surface area (Å²) in [6, 6.07) is 16.9. The molecule has 0 aliphatic heterocycles. The maximum atomic E-state index is 13.4. The standard InChI is InChI=1S/C26H21FN6O3S2/c27-16-2-1-3-17(8-16)31-26-32-18(14-38-26)13-37-25-22(10-29)23(21(9-28)24(30)33-25)15-4-6-20(7-5-15)36-12-19(35)11-34/h1-8,14,19,34-35H,11-13H2,(H2,30,33)(H,31,32)/t19-/m1/s1. The SMILES string of the molecule is N#Cc1c(N)nc(SCc2csc(Nc3cccc(F)c3)n2)c(C#N)c1-c1ccc(OC[C@H](O)CO)cc1. The Morgan fingerprint density at radius 2 is 1.89 bits per heavy atom. The van der Waals surface area contributed by atoms with Gasteiger partial charge in [-0.05, 0) is 35.9 Å². The molecule has 0 radical (unpaired) electrons. The first-order valence-corrected chi connectivity index (χ1v) is 13.0. The Kier molecular flexibility index (Phi) is 8.73. The quantitative estimate of drug-likeness (QED) is 0.209. The zero-order valence-electron chi connectivity index (χ0n) is 19.8. The van der Waals surface area contributed by atoms with Crippen LogP contribution in [0.4, 0.5) is 21.0 Å². The lowest BCUT2D eigenvalue weighted by Gasteiger charge is -2.14. The summed E-state index contributed by atoms with van der Waals surface area (Å²) in [6.07, 6.45) is -1.00. The molecule has 9 nitrogen and oxygen atoms in total. The van der Waals surface area contributed by atoms with Gasteiger partial charge in [0.25, 0.3) is 0 Å². The van der Waals surface area contributed by atoms with E-state index in [2.05, 4.69) is 21.4 Å². The van der Waals surface area contributed by atoms with Crippen LogP contribution in [-0.2, 0) is 5.75 Å². The van der Waals surface area contributed by atoms with Gasteiger partial charge in [0, 0.05) is 22.4 Å². The lowest BCUT2D eigenvalue weighted by molar-refractivity contribution is 0.0536. The van der Waals surface area contributed by atoms with E-state index >= 15 is 0 Å². The number of aliphatic hydroxyl groups excluding tert-OH is 2. The number of thiazole rings is 1. The Morgan fingerprint density at radius 3 is 2.58 bits per heavy atom. The van der Waals surface area contributed by atoms with Crippen LogP contribution in [0.1, 0.15) is 16.8 Å². The van der Waals surface area contributed by atoms with Gasteiger partial charge in [0.15, 0.2) is 5.13 Å². The molecular formula is C26H21FN6O3S2. The van der Waals surface area contributed by atoms with Gasteiger partial charge in [0.1, 0.15) is 52.8 Å². The number of anilines is 3. The highest BCUT2D eigenvalue weighted by Crippen LogP contribution is 2.37. The van der Waals surface area contributed by atoms with Gasteiger partial charge in [-0.2, -0.15) is 10.5 Å². The minimum absolute atomic E-state index is 0.00197. The van der Waals surface area contributed by atoms with Gasteiger partial charge in [0.2, 0.25) is 0 Å². The second-order valence-electron chi connectivity index (χ2n) is 7.89. The minimum atomic E-state index is -1.00. The van der Waals surface area contributed by atoms with Gasteiger partial charge < -0.3 is 26.0 Å². The summed E-state index contributed by atoms with van der Waals surface area (Å²) in [6.45, 7) is -0.501. The number of nitrogens with two attached hydrogens (primary N) is 1. The van der Waals surface area contributed by atoms with Gasteiger partial charge in [-0.1, -0.05) is 30.0 Å². The molecule has 2 aromatic carbocycles. The summed E-state index contributed by atoms with van der Waals surface area (Å²) in [4.78, 5) is 8.82. The molecule has 0 spiro atoms. The van der Waals surface area contributed by atoms with Crippen molar-refractivity contribution in [3.8, 4) is 29.0 Å². The number of ether oxygens (including phenoxy) is 1. The third-order valence-electron chi connectivity index (χ3n) is 5.20. The summed E-state index contributed by atoms with van der Waals surface area (Å²) in [5.41, 5.74) is 8.63. The van der Waals surface area contributed by atoms with Crippen LogP contribution in [0.5, 0.6) is 5.75 Å². The van der Waals surface area contributed by atoms with Gasteiger partial charge in [-0.15, -0.1) is 11.3 Å². The topological polar surface area (TPSA) is 161 Å². The number of nitrogens with zero attached hydrogens (tertiary/aromatic N) is 4. The molecule has 0 aliphatic rings. The fourth-order valence-corrected chi connectivity index (χ4v) is 5.14. The van der Waals surface area contributed by atoms with Gasteiger partial charge in [-0.3, -0.25) is 0 Å². The molecule has 38 heavy (non-hydrogen) atoms. The molecule has 2 heterocycles. The van der Waals surface area contributed by atoms with Gasteiger partial charge in [0.05, 0.1) is 17.9 Å². The summed E-state index contributed by atoms with van der Waals surface area (Å²) >= 11 is 2.62. The van der Waals surface area contributed by atoms with E-state index < -0.39 is 12.7 Å². The molecule has 4 rings (SSSR count). The molecule has 5 N–H and O–H groups in total. The molecule has 0 bridgehead atoms. The maximum Gasteiger partial charge on any atom is 0.187 e. The molecule has 12 heteroatoms. The second-order valence-corrected chi connectivity index (χ2v) is 9.71. The van der Waals surface area contributed by atoms with E-state index in [4.69, 9.17) is 15.6 Å². The number of rotatable bonds is 10. The van der Waals surface area contributed by atoms with Crippen LogP contribution in [0, 0.1) is 28.5 Å². The normalized spacial score (nSPS) is 11.4. The van der Waals surface area contributed by atoms with Crippen molar-refractivity contribution < 1.29 is 19.3 Å². The van der Waals surface area contributed by atoms with E-state index in [9.17, 15) is 20.0 Å². The summed E-state index contributed by atoms with van der Waals surface area (Å²) in [7, 11) is 0. The molecule has 192 valence electrons. The van der Waals surface area contributed by atoms with Crippen LogP contribution in [0.15, 0.2) is 58.9 Å². The molecule has 1 atom stereocenters. The van der Waals surface area contributed by atoms with E-state index in [-0.39, 0.29) is 29.4 Å². The number of hydrogen-bond donors (Lipinski definition) is 4. The van der Waals surface area contributed by atoms with E-state index in [1.54, 1.807) is 36.4 Å². The molecule has 0 unspecified atom stereocenters. The average molecular weight is 549 g/mol. The Hall–Kier alpha value is -4.20. The van der Waals surface area contributed by atoms with Crippen LogP contribution in [0.3, 0.4) is 0 Å². The van der Waals surface area contributed by atoms with Crippen molar-refractivity contribution in [2.75, 3.05) is 24.3 Å². The molecule has 4 aromatic rings. The van der Waals surface area contributed by atoms with E-state index in [1.165, 1.54) is 35.2 Å². The first-order chi connectivity index (χ1) is 18.4. The first kappa shape index (κ1) is 26.9. The van der Waals surface area contributed by atoms with Crippen LogP contribution < -0.4 is 15.8 Å². The number of aliphatic hydroxyl groups is 2. The molecule has 0 saturated heterocycles. The van der Waals surface area contributed by atoms with E-state index in [1.807, 2.05) is 11.4 Å². The lowest BCUT2D eigenvalue weighted by atomic mass is 9.97. The molecule has 0 fully saturated rings. The van der Waals surface area contributed by atoms with Crippen LogP contribution in [-0.4, -0.2) is 39.5 Å². The van der Waals surface area contributed by atoms with E-state index in [0.717, 1.165) is 5.69 Å². The van der Waals surface area contributed by atoms with Crippen molar-refractivity contribution in [3.63, 3.8) is 0 Å². The predicted molar refractivity (Wildman–Crippen MR) is 143 cm³/mol. The van der Waals surface area contributed by atoms with Crippen molar-refractivity contribution >= 4 is 39.7 Å². The Labute approximate surface area is 226 Å². The summed E-state index contributed by atoms with van der Waals surface area (Å²) in [5.74, 6) is 0.478. The van der Waals surface area contributed by atoms with Gasteiger partial charge >= 0.3 is 0 Å². The number of aromatic nitrogens is 2. The first-order valence-electron chi connectivity index (χ1n) is 11.2. The number of nitriles is 2. The number of halogens is 1. The number of thioether (sulfide) groups is 1. The average Bonchev–Trinajstić information content (AvgIpc) is 3.37. The fourth-order valence-electron chi connectivity index (χ4n) is 3.42. The van der Waals surface area contributed by atoms with Crippen LogP contribution in [0.2, 0.25) is 0 Å². The smallest absolute Gasteiger partial charge is 0.187 e. The Morgan fingerprint density at radius 1 is 1.13 bits per heavy atom. The molecule has 0 aliphatic carbocycles. The molecule has 0 amide bonds. The Balaban J connectivity index is 1.56. The second kappa shape index (κ2) is 12.4. The number of benzene rings is 2. The van der Waals surface area contributed by atoms with E-state index in [0.29, 0.717) is 38.5 Å². The highest BCUT2D eigenvalue weighted by atomic mass is 32.2. The summed E-state index contributed by atoms with van der Waals surface area (Å²) < 4.78 is 18.9. The fraction of sp³-hybridized carbons (Fsp3) is 0.154. The van der Waals surface area contributed by atoms with Crippen molar-refractivity contribution in [1.29, 1.82) is 10.5 Å². The Bertz CT molecular complexity index is 1520. The number of hydrogen-bond acceptors (Lipinski definition) is 11. The highest BCUT2D eigenvalue weighted by molar-refractivity contribution is 7.98. The number of pyridine rings is 1. The monoisotopic (exact) mass is 548 g/mol. The van der Waals surface area contributed by atoms with Crippen LogP contribution in [0.25, 0.3) is 11.1 Å². The third kappa shape index (κ3) is 6.37. The molecular weight excluding hydrogens is 527 g/mol. The van der Waals surface area contributed by atoms with Crippen molar-refractivity contribution in [2.45, 2.75) is 16.9 Å². The summed E-state index contributed by atoms with van der Waals surface area (Å²) in [5, 5.41) is 44.0.